The number of benzene rings is 1. The van der Waals surface area contributed by atoms with E-state index in [0.717, 1.165) is 5.56 Å². The third-order valence-corrected chi connectivity index (χ3v) is 3.95. The number of nitrogens with zero attached hydrogens (tertiary/aromatic N) is 3. The van der Waals surface area contributed by atoms with E-state index in [2.05, 4.69) is 15.5 Å². The summed E-state index contributed by atoms with van der Waals surface area (Å²) in [5.41, 5.74) is 0.0276. The van der Waals surface area contributed by atoms with Crippen molar-refractivity contribution in [3.05, 3.63) is 36.2 Å². The minimum Gasteiger partial charge on any atom is -0.383 e. The van der Waals surface area contributed by atoms with E-state index >= 15 is 0 Å². The summed E-state index contributed by atoms with van der Waals surface area (Å²) in [6.45, 7) is 3.37. The Morgan fingerprint density at radius 1 is 1.39 bits per heavy atom. The number of aromatic nitrogens is 3. The number of amides is 1. The van der Waals surface area contributed by atoms with Crippen molar-refractivity contribution >= 4 is 5.91 Å². The van der Waals surface area contributed by atoms with E-state index in [0.29, 0.717) is 31.4 Å². The first-order chi connectivity index (χ1) is 11.2. The summed E-state index contributed by atoms with van der Waals surface area (Å²) in [4.78, 5) is 12.7. The van der Waals surface area contributed by atoms with Crippen LogP contribution in [0.5, 0.6) is 0 Å². The van der Waals surface area contributed by atoms with Gasteiger partial charge in [0.05, 0.1) is 13.2 Å². The fraction of sp³-hybridized carbons (Fsp3) is 0.438. The van der Waals surface area contributed by atoms with Gasteiger partial charge in [0, 0.05) is 19.2 Å². The Kier molecular flexibility index (Phi) is 4.40. The van der Waals surface area contributed by atoms with E-state index in [1.165, 1.54) is 0 Å². The number of fused-ring (bicyclic) bond motifs is 1. The number of ether oxygens (including phenoxy) is 2. The standard InChI is InChI=1S/C16H20N4O3/c1-16(15(21)17-8-9-22-2)11-23-10-13-18-19-14(20(13)16)12-6-4-3-5-7-12/h3-7H,8-11H2,1-2H3,(H,17,21). The number of hydrogen-bond donors (Lipinski definition) is 1. The van der Waals surface area contributed by atoms with Crippen molar-refractivity contribution < 1.29 is 14.3 Å². The Hall–Kier alpha value is -2.25. The first-order valence-corrected chi connectivity index (χ1v) is 7.52. The van der Waals surface area contributed by atoms with Gasteiger partial charge in [-0.2, -0.15) is 0 Å². The number of carbonyl (C=O) groups excluding carboxylic acids is 1. The topological polar surface area (TPSA) is 78.3 Å². The summed E-state index contributed by atoms with van der Waals surface area (Å²) in [7, 11) is 1.60. The van der Waals surface area contributed by atoms with E-state index in [1.807, 2.05) is 41.8 Å². The summed E-state index contributed by atoms with van der Waals surface area (Å²) in [5, 5.41) is 11.3. The molecule has 2 aromatic rings. The average molecular weight is 316 g/mol. The lowest BCUT2D eigenvalue weighted by molar-refractivity contribution is -0.135. The monoisotopic (exact) mass is 316 g/mol. The van der Waals surface area contributed by atoms with Gasteiger partial charge in [-0.05, 0) is 6.92 Å². The van der Waals surface area contributed by atoms with E-state index < -0.39 is 5.54 Å². The maximum atomic E-state index is 12.7. The van der Waals surface area contributed by atoms with Gasteiger partial charge in [-0.3, -0.25) is 9.36 Å². The maximum absolute atomic E-state index is 12.7. The molecule has 0 aliphatic carbocycles. The van der Waals surface area contributed by atoms with Crippen molar-refractivity contribution in [2.24, 2.45) is 0 Å². The zero-order chi connectivity index (χ0) is 16.3. The zero-order valence-corrected chi connectivity index (χ0v) is 13.3. The molecule has 0 spiro atoms. The van der Waals surface area contributed by atoms with Crippen molar-refractivity contribution in [2.45, 2.75) is 19.1 Å². The quantitative estimate of drug-likeness (QED) is 0.831. The van der Waals surface area contributed by atoms with Crippen molar-refractivity contribution in [1.29, 1.82) is 0 Å². The molecule has 1 atom stereocenters. The largest absolute Gasteiger partial charge is 0.383 e. The van der Waals surface area contributed by atoms with Crippen LogP contribution in [0.1, 0.15) is 12.7 Å². The van der Waals surface area contributed by atoms with Crippen LogP contribution in [0, 0.1) is 0 Å². The highest BCUT2D eigenvalue weighted by atomic mass is 16.5. The second-order valence-corrected chi connectivity index (χ2v) is 5.66. The van der Waals surface area contributed by atoms with Crippen molar-refractivity contribution in [3.8, 4) is 11.4 Å². The summed E-state index contributed by atoms with van der Waals surface area (Å²) < 4.78 is 12.4. The molecule has 0 fully saturated rings. The molecule has 1 amide bonds. The molecule has 1 aromatic heterocycles. The molecular formula is C16H20N4O3. The molecule has 122 valence electrons. The normalized spacial score (nSPS) is 20.1. The zero-order valence-electron chi connectivity index (χ0n) is 13.3. The molecule has 0 saturated carbocycles. The molecule has 1 aliphatic rings. The van der Waals surface area contributed by atoms with Crippen molar-refractivity contribution in [2.75, 3.05) is 26.9 Å². The van der Waals surface area contributed by atoms with Gasteiger partial charge in [-0.25, -0.2) is 0 Å². The minimum atomic E-state index is -0.893. The van der Waals surface area contributed by atoms with Crippen LogP contribution in [-0.4, -0.2) is 47.5 Å². The van der Waals surface area contributed by atoms with Gasteiger partial charge < -0.3 is 14.8 Å². The maximum Gasteiger partial charge on any atom is 0.248 e. The first kappa shape index (κ1) is 15.6. The Bertz CT molecular complexity index is 686. The molecule has 1 aromatic carbocycles. The Balaban J connectivity index is 1.98. The fourth-order valence-corrected chi connectivity index (χ4v) is 2.73. The van der Waals surface area contributed by atoms with E-state index in [4.69, 9.17) is 9.47 Å². The SMILES string of the molecule is COCCNC(=O)C1(C)COCc2nnc(-c3ccccc3)n21. The molecule has 0 bridgehead atoms. The smallest absolute Gasteiger partial charge is 0.248 e. The number of carbonyl (C=O) groups is 1. The number of rotatable bonds is 5. The van der Waals surface area contributed by atoms with Crippen LogP contribution in [0.3, 0.4) is 0 Å². The molecule has 7 nitrogen and oxygen atoms in total. The van der Waals surface area contributed by atoms with E-state index in [-0.39, 0.29) is 12.5 Å². The molecule has 23 heavy (non-hydrogen) atoms. The highest BCUT2D eigenvalue weighted by Crippen LogP contribution is 2.30. The Morgan fingerprint density at radius 3 is 2.91 bits per heavy atom. The highest BCUT2D eigenvalue weighted by Gasteiger charge is 2.42. The summed E-state index contributed by atoms with van der Waals surface area (Å²) in [6, 6.07) is 9.72. The molecule has 3 rings (SSSR count). The Labute approximate surface area is 134 Å². The van der Waals surface area contributed by atoms with Crippen LogP contribution in [-0.2, 0) is 26.4 Å². The molecule has 7 heteroatoms. The van der Waals surface area contributed by atoms with Gasteiger partial charge in [0.1, 0.15) is 12.1 Å². The molecular weight excluding hydrogens is 296 g/mol. The highest BCUT2D eigenvalue weighted by molar-refractivity contribution is 5.85. The summed E-state index contributed by atoms with van der Waals surface area (Å²) in [6.07, 6.45) is 0. The molecule has 0 radical (unpaired) electrons. The third-order valence-electron chi connectivity index (χ3n) is 3.95. The Morgan fingerprint density at radius 2 is 2.17 bits per heavy atom. The predicted octanol–water partition coefficient (Wildman–Crippen LogP) is 0.953. The van der Waals surface area contributed by atoms with Gasteiger partial charge in [0.2, 0.25) is 5.91 Å². The molecule has 1 aliphatic heterocycles. The fourth-order valence-electron chi connectivity index (χ4n) is 2.73. The van der Waals surface area contributed by atoms with Crippen LogP contribution in [0.2, 0.25) is 0 Å². The number of hydrogen-bond acceptors (Lipinski definition) is 5. The van der Waals surface area contributed by atoms with Gasteiger partial charge in [-0.1, -0.05) is 30.3 Å². The molecule has 2 heterocycles. The van der Waals surface area contributed by atoms with Gasteiger partial charge in [-0.15, -0.1) is 10.2 Å². The van der Waals surface area contributed by atoms with Crippen LogP contribution in [0.4, 0.5) is 0 Å². The average Bonchev–Trinajstić information content (AvgIpc) is 3.01. The van der Waals surface area contributed by atoms with Gasteiger partial charge in [0.15, 0.2) is 11.6 Å². The summed E-state index contributed by atoms with van der Waals surface area (Å²) >= 11 is 0. The van der Waals surface area contributed by atoms with Crippen LogP contribution >= 0.6 is 0 Å². The number of nitrogens with one attached hydrogen (secondary N) is 1. The second kappa shape index (κ2) is 6.47. The van der Waals surface area contributed by atoms with Crippen LogP contribution in [0.15, 0.2) is 30.3 Å². The van der Waals surface area contributed by atoms with Crippen LogP contribution in [0.25, 0.3) is 11.4 Å². The van der Waals surface area contributed by atoms with Crippen LogP contribution < -0.4 is 5.32 Å². The van der Waals surface area contributed by atoms with E-state index in [9.17, 15) is 4.79 Å². The first-order valence-electron chi connectivity index (χ1n) is 7.52. The lowest BCUT2D eigenvalue weighted by Crippen LogP contribution is -2.53. The third kappa shape index (κ3) is 2.85. The minimum absolute atomic E-state index is 0.132. The predicted molar refractivity (Wildman–Crippen MR) is 83.6 cm³/mol. The van der Waals surface area contributed by atoms with Gasteiger partial charge in [0.25, 0.3) is 0 Å². The molecule has 1 unspecified atom stereocenters. The summed E-state index contributed by atoms with van der Waals surface area (Å²) in [5.74, 6) is 1.19. The van der Waals surface area contributed by atoms with Crippen molar-refractivity contribution in [1.82, 2.24) is 20.1 Å². The van der Waals surface area contributed by atoms with E-state index in [1.54, 1.807) is 7.11 Å². The second-order valence-electron chi connectivity index (χ2n) is 5.66. The molecule has 1 N–H and O–H groups in total. The molecule has 0 saturated heterocycles. The lowest BCUT2D eigenvalue weighted by Gasteiger charge is -2.35. The van der Waals surface area contributed by atoms with Crippen molar-refractivity contribution in [3.63, 3.8) is 0 Å². The van der Waals surface area contributed by atoms with Gasteiger partial charge >= 0.3 is 0 Å². The lowest BCUT2D eigenvalue weighted by atomic mass is 9.99. The number of methoxy groups -OCH3 is 1.